The molecular weight excluding hydrogens is 312 g/mol. The summed E-state index contributed by atoms with van der Waals surface area (Å²) < 4.78 is 0. The van der Waals surface area contributed by atoms with Crippen molar-refractivity contribution in [1.29, 1.82) is 0 Å². The summed E-state index contributed by atoms with van der Waals surface area (Å²) in [5.41, 5.74) is -0.890. The Morgan fingerprint density at radius 1 is 1.33 bits per heavy atom. The number of aromatic nitrogens is 2. The lowest BCUT2D eigenvalue weighted by Crippen LogP contribution is -2.44. The number of β-amino-alcohol motifs (C(OH)–C–C–N with tert-alkyl or cyclic N) is 1. The third-order valence-electron chi connectivity index (χ3n) is 4.05. The van der Waals surface area contributed by atoms with E-state index in [4.69, 9.17) is 0 Å². The highest BCUT2D eigenvalue weighted by molar-refractivity contribution is 5.95. The highest BCUT2D eigenvalue weighted by Crippen LogP contribution is 2.16. The van der Waals surface area contributed by atoms with Crippen LogP contribution in [0.2, 0.25) is 0 Å². The standard InChI is InChI=1S/C16H18N4O4/c21-13(19-9-16(24)4-5-17-8-16)11-3-1-2-10(6-11)12-7-18-15(23)20-14(12)22/h1-3,6-7,17,24H,4-5,8-9H2,(H,19,21)(H2,18,20,22,23). The summed E-state index contributed by atoms with van der Waals surface area (Å²) in [6, 6.07) is 6.51. The minimum Gasteiger partial charge on any atom is -0.387 e. The summed E-state index contributed by atoms with van der Waals surface area (Å²) in [5.74, 6) is -0.335. The Morgan fingerprint density at radius 2 is 2.17 bits per heavy atom. The predicted octanol–water partition coefficient (Wildman–Crippen LogP) is -0.816. The highest BCUT2D eigenvalue weighted by Gasteiger charge is 2.31. The molecule has 1 atom stereocenters. The van der Waals surface area contributed by atoms with Gasteiger partial charge >= 0.3 is 5.69 Å². The first-order chi connectivity index (χ1) is 11.5. The summed E-state index contributed by atoms with van der Waals surface area (Å²) in [5, 5.41) is 16.0. The van der Waals surface area contributed by atoms with Crippen molar-refractivity contribution in [3.63, 3.8) is 0 Å². The van der Waals surface area contributed by atoms with Gasteiger partial charge < -0.3 is 20.7 Å². The van der Waals surface area contributed by atoms with Crippen molar-refractivity contribution in [2.24, 2.45) is 0 Å². The molecule has 1 aliphatic heterocycles. The maximum absolute atomic E-state index is 12.3. The average Bonchev–Trinajstić information content (AvgIpc) is 3.00. The van der Waals surface area contributed by atoms with Gasteiger partial charge in [-0.05, 0) is 30.7 Å². The molecule has 2 heterocycles. The summed E-state index contributed by atoms with van der Waals surface area (Å²) in [6.45, 7) is 1.32. The summed E-state index contributed by atoms with van der Waals surface area (Å²) in [6.07, 6.45) is 1.89. The second-order valence-corrected chi connectivity index (χ2v) is 5.90. The van der Waals surface area contributed by atoms with E-state index < -0.39 is 16.9 Å². The summed E-state index contributed by atoms with van der Waals surface area (Å²) in [7, 11) is 0. The van der Waals surface area contributed by atoms with E-state index in [1.807, 2.05) is 0 Å². The van der Waals surface area contributed by atoms with Gasteiger partial charge in [0, 0.05) is 24.8 Å². The molecule has 8 heteroatoms. The second-order valence-electron chi connectivity index (χ2n) is 5.90. The van der Waals surface area contributed by atoms with Crippen molar-refractivity contribution in [3.05, 3.63) is 56.9 Å². The number of hydrogen-bond donors (Lipinski definition) is 5. The van der Waals surface area contributed by atoms with E-state index in [-0.39, 0.29) is 18.0 Å². The van der Waals surface area contributed by atoms with Crippen LogP contribution < -0.4 is 21.9 Å². The predicted molar refractivity (Wildman–Crippen MR) is 87.9 cm³/mol. The van der Waals surface area contributed by atoms with Gasteiger partial charge in [-0.15, -0.1) is 0 Å². The zero-order valence-corrected chi connectivity index (χ0v) is 12.9. The van der Waals surface area contributed by atoms with Crippen molar-refractivity contribution in [2.75, 3.05) is 19.6 Å². The first kappa shape index (κ1) is 16.2. The molecule has 1 aromatic heterocycles. The van der Waals surface area contributed by atoms with Gasteiger partial charge in [0.25, 0.3) is 11.5 Å². The number of benzene rings is 1. The molecule has 0 radical (unpaired) electrons. The third kappa shape index (κ3) is 3.44. The number of amides is 1. The molecule has 1 aromatic carbocycles. The number of H-pyrrole nitrogens is 2. The van der Waals surface area contributed by atoms with Crippen LogP contribution in [0.5, 0.6) is 0 Å². The first-order valence-electron chi connectivity index (χ1n) is 7.61. The van der Waals surface area contributed by atoms with Gasteiger partial charge in [-0.2, -0.15) is 0 Å². The van der Waals surface area contributed by atoms with Gasteiger partial charge in [-0.1, -0.05) is 12.1 Å². The van der Waals surface area contributed by atoms with Gasteiger partial charge in [0.15, 0.2) is 0 Å². The van der Waals surface area contributed by atoms with Crippen LogP contribution in [0, 0.1) is 0 Å². The van der Waals surface area contributed by atoms with Crippen LogP contribution in [0.25, 0.3) is 11.1 Å². The topological polar surface area (TPSA) is 127 Å². The van der Waals surface area contributed by atoms with E-state index in [0.717, 1.165) is 6.54 Å². The minimum absolute atomic E-state index is 0.155. The summed E-state index contributed by atoms with van der Waals surface area (Å²) >= 11 is 0. The van der Waals surface area contributed by atoms with E-state index in [1.165, 1.54) is 6.20 Å². The SMILES string of the molecule is O=C(NCC1(O)CCNC1)c1cccc(-c2c[nH]c(=O)[nH]c2=O)c1. The number of aromatic amines is 2. The Hall–Kier alpha value is -2.71. The lowest BCUT2D eigenvalue weighted by Gasteiger charge is -2.21. The van der Waals surface area contributed by atoms with Crippen LogP contribution in [0.4, 0.5) is 0 Å². The Labute approximate surface area is 136 Å². The lowest BCUT2D eigenvalue weighted by atomic mass is 10.0. The fourth-order valence-corrected chi connectivity index (χ4v) is 2.68. The maximum atomic E-state index is 12.3. The van der Waals surface area contributed by atoms with Crippen LogP contribution in [-0.4, -0.2) is 46.2 Å². The van der Waals surface area contributed by atoms with Crippen LogP contribution in [-0.2, 0) is 0 Å². The fraction of sp³-hybridized carbons (Fsp3) is 0.312. The molecule has 0 spiro atoms. The van der Waals surface area contributed by atoms with Crippen LogP contribution >= 0.6 is 0 Å². The molecule has 1 fully saturated rings. The molecule has 2 aromatic rings. The quantitative estimate of drug-likeness (QED) is 0.501. The Kier molecular flexibility index (Phi) is 4.32. The average molecular weight is 330 g/mol. The molecule has 1 aliphatic rings. The Balaban J connectivity index is 1.78. The van der Waals surface area contributed by atoms with E-state index in [9.17, 15) is 19.5 Å². The largest absolute Gasteiger partial charge is 0.387 e. The number of aliphatic hydroxyl groups is 1. The second kappa shape index (κ2) is 6.42. The van der Waals surface area contributed by atoms with Crippen molar-refractivity contribution in [2.45, 2.75) is 12.0 Å². The molecule has 8 nitrogen and oxygen atoms in total. The monoisotopic (exact) mass is 330 g/mol. The van der Waals surface area contributed by atoms with Gasteiger partial charge in [-0.25, -0.2) is 4.79 Å². The number of carbonyl (C=O) groups is 1. The fourth-order valence-electron chi connectivity index (χ4n) is 2.68. The number of nitrogens with one attached hydrogen (secondary N) is 4. The van der Waals surface area contributed by atoms with Crippen molar-refractivity contribution >= 4 is 5.91 Å². The van der Waals surface area contributed by atoms with Gasteiger partial charge in [0.05, 0.1) is 11.2 Å². The van der Waals surface area contributed by atoms with Gasteiger partial charge in [0.2, 0.25) is 0 Å². The Morgan fingerprint density at radius 3 is 2.88 bits per heavy atom. The van der Waals surface area contributed by atoms with E-state index in [2.05, 4.69) is 20.6 Å². The van der Waals surface area contributed by atoms with Gasteiger partial charge in [0.1, 0.15) is 0 Å². The van der Waals surface area contributed by atoms with E-state index in [0.29, 0.717) is 24.1 Å². The van der Waals surface area contributed by atoms with Crippen LogP contribution in [0.1, 0.15) is 16.8 Å². The lowest BCUT2D eigenvalue weighted by molar-refractivity contribution is 0.0562. The molecular formula is C16H18N4O4. The molecule has 1 unspecified atom stereocenters. The van der Waals surface area contributed by atoms with Crippen LogP contribution in [0.3, 0.4) is 0 Å². The van der Waals surface area contributed by atoms with Crippen molar-refractivity contribution in [1.82, 2.24) is 20.6 Å². The first-order valence-corrected chi connectivity index (χ1v) is 7.61. The smallest absolute Gasteiger partial charge is 0.325 e. The molecule has 5 N–H and O–H groups in total. The Bertz CT molecular complexity index is 865. The molecule has 3 rings (SSSR count). The molecule has 126 valence electrons. The number of rotatable bonds is 4. The molecule has 0 saturated carbocycles. The molecule has 0 bridgehead atoms. The molecule has 24 heavy (non-hydrogen) atoms. The number of hydrogen-bond acceptors (Lipinski definition) is 5. The van der Waals surface area contributed by atoms with Crippen molar-refractivity contribution < 1.29 is 9.90 Å². The zero-order valence-electron chi connectivity index (χ0n) is 12.9. The van der Waals surface area contributed by atoms with E-state index >= 15 is 0 Å². The normalized spacial score (nSPS) is 20.0. The molecule has 1 saturated heterocycles. The number of carbonyl (C=O) groups excluding carboxylic acids is 1. The minimum atomic E-state index is -0.927. The van der Waals surface area contributed by atoms with Gasteiger partial charge in [-0.3, -0.25) is 14.6 Å². The zero-order chi connectivity index (χ0) is 17.2. The summed E-state index contributed by atoms with van der Waals surface area (Å²) in [4.78, 5) is 39.8. The maximum Gasteiger partial charge on any atom is 0.325 e. The molecule has 0 aliphatic carbocycles. The molecule has 1 amide bonds. The van der Waals surface area contributed by atoms with Crippen molar-refractivity contribution in [3.8, 4) is 11.1 Å². The third-order valence-corrected chi connectivity index (χ3v) is 4.05. The van der Waals surface area contributed by atoms with E-state index in [1.54, 1.807) is 24.3 Å². The van der Waals surface area contributed by atoms with Crippen LogP contribution in [0.15, 0.2) is 40.1 Å². The highest BCUT2D eigenvalue weighted by atomic mass is 16.3.